The molecule has 0 spiro atoms. The molecule has 1 atom stereocenters. The normalized spacial score (nSPS) is 13.4. The second-order valence-electron chi connectivity index (χ2n) is 6.71. The quantitative estimate of drug-likeness (QED) is 0.692. The summed E-state index contributed by atoms with van der Waals surface area (Å²) in [6.07, 6.45) is -0.241. The molecule has 0 fully saturated rings. The third kappa shape index (κ3) is 10.8. The number of carbonyl (C=O) groups is 3. The third-order valence-electron chi connectivity index (χ3n) is 2.05. The molecule has 0 heterocycles. The fourth-order valence-electron chi connectivity index (χ4n) is 1.41. The first-order chi connectivity index (χ1) is 9.30. The molecule has 0 saturated carbocycles. The lowest BCUT2D eigenvalue weighted by Gasteiger charge is -2.22. The van der Waals surface area contributed by atoms with Crippen LogP contribution in [-0.2, 0) is 23.9 Å². The highest BCUT2D eigenvalue weighted by atomic mass is 16.6. The van der Waals surface area contributed by atoms with Crippen LogP contribution in [0.3, 0.4) is 0 Å². The Morgan fingerprint density at radius 2 is 1.38 bits per heavy atom. The summed E-state index contributed by atoms with van der Waals surface area (Å²) in [5, 5.41) is 2.61. The van der Waals surface area contributed by atoms with Gasteiger partial charge in [-0.3, -0.25) is 19.7 Å². The average Bonchev–Trinajstić information content (AvgIpc) is 2.18. The highest BCUT2D eigenvalue weighted by molar-refractivity contribution is 5.86. The fourth-order valence-corrected chi connectivity index (χ4v) is 1.41. The van der Waals surface area contributed by atoms with Crippen LogP contribution in [0.2, 0.25) is 0 Å². The van der Waals surface area contributed by atoms with Gasteiger partial charge in [0.05, 0.1) is 19.0 Å². The van der Waals surface area contributed by atoms with Crippen molar-refractivity contribution in [1.82, 2.24) is 5.32 Å². The topological polar surface area (TPSA) is 108 Å². The largest absolute Gasteiger partial charge is 0.460 e. The molecular formula is C14H26N2O5. The average molecular weight is 302 g/mol. The molecule has 0 aromatic rings. The Kier molecular flexibility index (Phi) is 6.82. The second-order valence-corrected chi connectivity index (χ2v) is 6.71. The molecule has 0 saturated heterocycles. The van der Waals surface area contributed by atoms with Crippen LogP contribution in [0.25, 0.3) is 0 Å². The van der Waals surface area contributed by atoms with E-state index in [9.17, 15) is 14.4 Å². The number of ether oxygens (including phenoxy) is 2. The Bertz CT molecular complexity index is 393. The Morgan fingerprint density at radius 1 is 0.952 bits per heavy atom. The van der Waals surface area contributed by atoms with E-state index in [1.54, 1.807) is 41.5 Å². The van der Waals surface area contributed by atoms with E-state index in [4.69, 9.17) is 15.2 Å². The van der Waals surface area contributed by atoms with Gasteiger partial charge in [-0.1, -0.05) is 0 Å². The van der Waals surface area contributed by atoms with Gasteiger partial charge in [0.2, 0.25) is 5.91 Å². The first-order valence-corrected chi connectivity index (χ1v) is 6.76. The molecule has 0 rings (SSSR count). The molecule has 1 amide bonds. The zero-order chi connectivity index (χ0) is 16.8. The zero-order valence-electron chi connectivity index (χ0n) is 13.6. The van der Waals surface area contributed by atoms with E-state index in [-0.39, 0.29) is 13.0 Å². The number of esters is 2. The van der Waals surface area contributed by atoms with Crippen molar-refractivity contribution < 1.29 is 23.9 Å². The van der Waals surface area contributed by atoms with Crippen LogP contribution in [-0.4, -0.2) is 41.6 Å². The van der Waals surface area contributed by atoms with E-state index in [1.165, 1.54) is 0 Å². The fraction of sp³-hybridized carbons (Fsp3) is 0.786. The minimum absolute atomic E-state index is 0.215. The number of nitrogens with one attached hydrogen (secondary N) is 1. The van der Waals surface area contributed by atoms with Crippen LogP contribution in [0.1, 0.15) is 48.0 Å². The van der Waals surface area contributed by atoms with Crippen molar-refractivity contribution in [2.24, 2.45) is 5.73 Å². The number of primary amides is 1. The molecule has 0 bridgehead atoms. The lowest BCUT2D eigenvalue weighted by atomic mass is 10.1. The van der Waals surface area contributed by atoms with Gasteiger partial charge in [0, 0.05) is 0 Å². The van der Waals surface area contributed by atoms with Crippen LogP contribution in [0.5, 0.6) is 0 Å². The molecule has 0 radical (unpaired) electrons. The van der Waals surface area contributed by atoms with Crippen LogP contribution in [0, 0.1) is 0 Å². The predicted octanol–water partition coefficient (Wildman–Crippen LogP) is 0.503. The van der Waals surface area contributed by atoms with Crippen LogP contribution >= 0.6 is 0 Å². The molecule has 0 aromatic heterocycles. The summed E-state index contributed by atoms with van der Waals surface area (Å²) in [7, 11) is 0. The first-order valence-electron chi connectivity index (χ1n) is 6.76. The van der Waals surface area contributed by atoms with Crippen LogP contribution < -0.4 is 11.1 Å². The number of rotatable bonds is 6. The molecule has 0 aliphatic heterocycles. The van der Waals surface area contributed by atoms with Crippen molar-refractivity contribution in [2.75, 3.05) is 6.54 Å². The summed E-state index contributed by atoms with van der Waals surface area (Å²) >= 11 is 0. The maximum absolute atomic E-state index is 11.7. The molecule has 3 N–H and O–H groups in total. The maximum Gasteiger partial charge on any atom is 0.320 e. The van der Waals surface area contributed by atoms with Crippen LogP contribution in [0.15, 0.2) is 0 Å². The number of carbonyl (C=O) groups excluding carboxylic acids is 3. The summed E-state index contributed by atoms with van der Waals surface area (Å²) in [5.41, 5.74) is 3.93. The van der Waals surface area contributed by atoms with Gasteiger partial charge in [-0.15, -0.1) is 0 Å². The van der Waals surface area contributed by atoms with Gasteiger partial charge in [0.15, 0.2) is 0 Å². The molecule has 1 unspecified atom stereocenters. The highest BCUT2D eigenvalue weighted by Gasteiger charge is 2.25. The number of amides is 1. The Balaban J connectivity index is 4.42. The van der Waals surface area contributed by atoms with Crippen LogP contribution in [0.4, 0.5) is 0 Å². The van der Waals surface area contributed by atoms with E-state index in [0.717, 1.165) is 0 Å². The second kappa shape index (κ2) is 7.40. The summed E-state index contributed by atoms with van der Waals surface area (Å²) in [4.78, 5) is 34.5. The van der Waals surface area contributed by atoms with E-state index < -0.39 is 35.1 Å². The van der Waals surface area contributed by atoms with E-state index in [1.807, 2.05) is 0 Å². The summed E-state index contributed by atoms with van der Waals surface area (Å²) in [5.74, 6) is -1.83. The molecule has 7 nitrogen and oxygen atoms in total. The van der Waals surface area contributed by atoms with E-state index in [2.05, 4.69) is 5.32 Å². The smallest absolute Gasteiger partial charge is 0.320 e. The Hall–Kier alpha value is -1.63. The molecule has 0 aliphatic rings. The standard InChI is InChI=1S/C14H26N2O5/c1-13(2,3)20-10(17)7-9(12(15)19)16-8-11(18)21-14(4,5)6/h9,16H,7-8H2,1-6H3,(H2,15,19). The molecule has 0 aromatic carbocycles. The minimum atomic E-state index is -0.979. The van der Waals surface area contributed by atoms with Gasteiger partial charge in [-0.2, -0.15) is 0 Å². The summed E-state index contributed by atoms with van der Waals surface area (Å²) in [6, 6.07) is -0.979. The lowest BCUT2D eigenvalue weighted by molar-refractivity contribution is -0.158. The Morgan fingerprint density at radius 3 is 1.76 bits per heavy atom. The Labute approximate surface area is 125 Å². The number of hydrogen-bond acceptors (Lipinski definition) is 6. The lowest BCUT2D eigenvalue weighted by Crippen LogP contribution is -2.46. The summed E-state index contributed by atoms with van der Waals surface area (Å²) < 4.78 is 10.2. The van der Waals surface area contributed by atoms with Crippen molar-refractivity contribution >= 4 is 17.8 Å². The molecular weight excluding hydrogens is 276 g/mol. The van der Waals surface area contributed by atoms with E-state index >= 15 is 0 Å². The number of hydrogen-bond donors (Lipinski definition) is 2. The molecule has 122 valence electrons. The van der Waals surface area contributed by atoms with Crippen molar-refractivity contribution in [3.8, 4) is 0 Å². The summed E-state index contributed by atoms with van der Waals surface area (Å²) in [6.45, 7) is 10.1. The zero-order valence-corrected chi connectivity index (χ0v) is 13.6. The highest BCUT2D eigenvalue weighted by Crippen LogP contribution is 2.10. The van der Waals surface area contributed by atoms with Crippen molar-refractivity contribution in [2.45, 2.75) is 65.2 Å². The molecule has 7 heteroatoms. The van der Waals surface area contributed by atoms with Gasteiger partial charge >= 0.3 is 11.9 Å². The number of nitrogens with two attached hydrogens (primary N) is 1. The van der Waals surface area contributed by atoms with Crippen molar-refractivity contribution in [1.29, 1.82) is 0 Å². The van der Waals surface area contributed by atoms with Gasteiger partial charge in [-0.05, 0) is 41.5 Å². The van der Waals surface area contributed by atoms with Gasteiger partial charge in [0.25, 0.3) is 0 Å². The van der Waals surface area contributed by atoms with Gasteiger partial charge in [-0.25, -0.2) is 0 Å². The van der Waals surface area contributed by atoms with E-state index in [0.29, 0.717) is 0 Å². The SMILES string of the molecule is CC(C)(C)OC(=O)CNC(CC(=O)OC(C)(C)C)C(N)=O. The molecule has 21 heavy (non-hydrogen) atoms. The monoisotopic (exact) mass is 302 g/mol. The molecule has 0 aliphatic carbocycles. The van der Waals surface area contributed by atoms with Crippen molar-refractivity contribution in [3.05, 3.63) is 0 Å². The third-order valence-corrected chi connectivity index (χ3v) is 2.05. The van der Waals surface area contributed by atoms with Crippen molar-refractivity contribution in [3.63, 3.8) is 0 Å². The first kappa shape index (κ1) is 19.4. The predicted molar refractivity (Wildman–Crippen MR) is 77.3 cm³/mol. The van der Waals surface area contributed by atoms with Gasteiger partial charge in [0.1, 0.15) is 11.2 Å². The van der Waals surface area contributed by atoms with Gasteiger partial charge < -0.3 is 15.2 Å². The maximum atomic E-state index is 11.7. The minimum Gasteiger partial charge on any atom is -0.460 e.